The number of aryl methyl sites for hydroxylation is 1. The number of hydrogen-bond donors (Lipinski definition) is 2. The van der Waals surface area contributed by atoms with Crippen LogP contribution in [0.4, 0.5) is 5.88 Å². The van der Waals surface area contributed by atoms with E-state index in [9.17, 15) is 8.42 Å². The lowest BCUT2D eigenvalue weighted by Crippen LogP contribution is -1.96. The highest BCUT2D eigenvalue weighted by atomic mass is 32.2. The van der Waals surface area contributed by atoms with E-state index in [2.05, 4.69) is 4.98 Å². The van der Waals surface area contributed by atoms with E-state index in [0.717, 1.165) is 11.8 Å². The van der Waals surface area contributed by atoms with Crippen LogP contribution < -0.4 is 5.73 Å². The van der Waals surface area contributed by atoms with Crippen molar-refractivity contribution in [1.82, 2.24) is 4.98 Å². The molecule has 0 spiro atoms. The zero-order chi connectivity index (χ0) is 11.9. The predicted molar refractivity (Wildman–Crippen MR) is 60.8 cm³/mol. The average molecular weight is 240 g/mol. The van der Waals surface area contributed by atoms with E-state index in [1.165, 1.54) is 6.07 Å². The van der Waals surface area contributed by atoms with Gasteiger partial charge in [-0.25, -0.2) is 8.42 Å². The van der Waals surface area contributed by atoms with Crippen LogP contribution in [0.3, 0.4) is 0 Å². The molecule has 0 aromatic carbocycles. The fourth-order valence-electron chi connectivity index (χ4n) is 1.52. The number of aromatic amines is 1. The molecule has 0 aliphatic carbocycles. The van der Waals surface area contributed by atoms with Gasteiger partial charge in [0.05, 0.1) is 0 Å². The number of anilines is 1. The van der Waals surface area contributed by atoms with E-state index in [4.69, 9.17) is 10.2 Å². The van der Waals surface area contributed by atoms with Crippen LogP contribution in [0.5, 0.6) is 0 Å². The van der Waals surface area contributed by atoms with Crippen LogP contribution in [-0.4, -0.2) is 19.7 Å². The van der Waals surface area contributed by atoms with Crippen molar-refractivity contribution in [2.75, 3.05) is 12.0 Å². The van der Waals surface area contributed by atoms with Gasteiger partial charge in [-0.15, -0.1) is 0 Å². The van der Waals surface area contributed by atoms with Crippen LogP contribution in [-0.2, 0) is 9.84 Å². The van der Waals surface area contributed by atoms with Gasteiger partial charge in [-0.3, -0.25) is 0 Å². The number of aromatic nitrogens is 1. The first-order valence-electron chi connectivity index (χ1n) is 4.63. The molecule has 0 saturated carbocycles. The number of furan rings is 1. The zero-order valence-electron chi connectivity index (χ0n) is 8.94. The van der Waals surface area contributed by atoms with Gasteiger partial charge in [0.15, 0.2) is 15.7 Å². The quantitative estimate of drug-likeness (QED) is 0.833. The van der Waals surface area contributed by atoms with Crippen LogP contribution in [0, 0.1) is 6.92 Å². The van der Waals surface area contributed by atoms with Gasteiger partial charge in [-0.1, -0.05) is 0 Å². The standard InChI is InChI=1S/C10H12N2O3S/c1-6-7(5-9(11)15-6)8-3-4-10(12-8)16(2,13)14/h3-5,12H,11H2,1-2H3. The van der Waals surface area contributed by atoms with E-state index in [-0.39, 0.29) is 5.03 Å². The van der Waals surface area contributed by atoms with Crippen LogP contribution in [0.25, 0.3) is 11.3 Å². The van der Waals surface area contributed by atoms with Crippen LogP contribution in [0.2, 0.25) is 0 Å². The summed E-state index contributed by atoms with van der Waals surface area (Å²) >= 11 is 0. The van der Waals surface area contributed by atoms with E-state index >= 15 is 0 Å². The second-order valence-corrected chi connectivity index (χ2v) is 5.61. The molecule has 2 aromatic rings. The molecule has 2 heterocycles. The van der Waals surface area contributed by atoms with E-state index in [0.29, 0.717) is 17.3 Å². The molecular weight excluding hydrogens is 228 g/mol. The van der Waals surface area contributed by atoms with Crippen molar-refractivity contribution in [3.05, 3.63) is 24.0 Å². The maximum Gasteiger partial charge on any atom is 0.191 e. The number of sulfone groups is 1. The number of nitrogens with two attached hydrogens (primary N) is 1. The van der Waals surface area contributed by atoms with Gasteiger partial charge in [0.2, 0.25) is 0 Å². The number of nitrogens with one attached hydrogen (secondary N) is 1. The summed E-state index contributed by atoms with van der Waals surface area (Å²) in [6, 6.07) is 4.87. The highest BCUT2D eigenvalue weighted by Gasteiger charge is 2.13. The fourth-order valence-corrected chi connectivity index (χ4v) is 2.13. The van der Waals surface area contributed by atoms with Crippen molar-refractivity contribution < 1.29 is 12.8 Å². The molecule has 3 N–H and O–H groups in total. The van der Waals surface area contributed by atoms with Crippen LogP contribution in [0.1, 0.15) is 5.76 Å². The summed E-state index contributed by atoms with van der Waals surface area (Å²) in [4.78, 5) is 2.82. The van der Waals surface area contributed by atoms with Gasteiger partial charge in [0, 0.05) is 23.6 Å². The molecule has 86 valence electrons. The SMILES string of the molecule is Cc1oc(N)cc1-c1ccc(S(C)(=O)=O)[nH]1. The second kappa shape index (κ2) is 3.41. The van der Waals surface area contributed by atoms with Gasteiger partial charge in [0.25, 0.3) is 0 Å². The van der Waals surface area contributed by atoms with Crippen molar-refractivity contribution in [3.63, 3.8) is 0 Å². The first kappa shape index (κ1) is 10.8. The number of hydrogen-bond acceptors (Lipinski definition) is 4. The van der Waals surface area contributed by atoms with Crippen molar-refractivity contribution in [1.29, 1.82) is 0 Å². The minimum atomic E-state index is -3.21. The van der Waals surface area contributed by atoms with E-state index in [1.54, 1.807) is 19.1 Å². The Morgan fingerprint density at radius 1 is 1.38 bits per heavy atom. The molecule has 2 rings (SSSR count). The third kappa shape index (κ3) is 1.83. The molecule has 0 unspecified atom stereocenters. The average Bonchev–Trinajstić information content (AvgIpc) is 2.70. The normalized spacial score (nSPS) is 11.9. The minimum Gasteiger partial charge on any atom is -0.446 e. The smallest absolute Gasteiger partial charge is 0.191 e. The molecular formula is C10H12N2O3S. The minimum absolute atomic E-state index is 0.182. The second-order valence-electron chi connectivity index (χ2n) is 3.63. The molecule has 2 aromatic heterocycles. The Labute approximate surface area is 93.2 Å². The largest absolute Gasteiger partial charge is 0.446 e. The lowest BCUT2D eigenvalue weighted by atomic mass is 10.2. The van der Waals surface area contributed by atoms with Crippen LogP contribution >= 0.6 is 0 Å². The molecule has 16 heavy (non-hydrogen) atoms. The number of rotatable bonds is 2. The molecule has 5 nitrogen and oxygen atoms in total. The number of H-pyrrole nitrogens is 1. The Kier molecular flexibility index (Phi) is 2.31. The molecule has 0 amide bonds. The molecule has 0 atom stereocenters. The first-order valence-corrected chi connectivity index (χ1v) is 6.52. The van der Waals surface area contributed by atoms with Gasteiger partial charge < -0.3 is 15.1 Å². The summed E-state index contributed by atoms with van der Waals surface area (Å²) in [5.74, 6) is 0.961. The van der Waals surface area contributed by atoms with Gasteiger partial charge >= 0.3 is 0 Å². The molecule has 0 fully saturated rings. The maximum absolute atomic E-state index is 11.3. The Morgan fingerprint density at radius 3 is 2.50 bits per heavy atom. The Bertz CT molecular complexity index is 622. The molecule has 0 saturated heterocycles. The zero-order valence-corrected chi connectivity index (χ0v) is 9.76. The third-order valence-electron chi connectivity index (χ3n) is 2.29. The maximum atomic E-state index is 11.3. The van der Waals surface area contributed by atoms with E-state index < -0.39 is 9.84 Å². The van der Waals surface area contributed by atoms with E-state index in [1.807, 2.05) is 0 Å². The van der Waals surface area contributed by atoms with Crippen LogP contribution in [0.15, 0.2) is 27.6 Å². The lowest BCUT2D eigenvalue weighted by molar-refractivity contribution is 0.554. The molecule has 0 aliphatic rings. The molecule has 0 aliphatic heterocycles. The fraction of sp³-hybridized carbons (Fsp3) is 0.200. The number of nitrogen functional groups attached to an aromatic ring is 1. The predicted octanol–water partition coefficient (Wildman–Crippen LogP) is 1.57. The van der Waals surface area contributed by atoms with Crippen molar-refractivity contribution >= 4 is 15.7 Å². The van der Waals surface area contributed by atoms with Crippen molar-refractivity contribution in [2.45, 2.75) is 11.9 Å². The van der Waals surface area contributed by atoms with Crippen molar-refractivity contribution in [3.8, 4) is 11.3 Å². The van der Waals surface area contributed by atoms with Gasteiger partial charge in [-0.2, -0.15) is 0 Å². The Hall–Kier alpha value is -1.69. The monoisotopic (exact) mass is 240 g/mol. The van der Waals surface area contributed by atoms with Gasteiger partial charge in [-0.05, 0) is 19.1 Å². The summed E-state index contributed by atoms with van der Waals surface area (Å²) in [5, 5.41) is 0.182. The lowest BCUT2D eigenvalue weighted by Gasteiger charge is -1.94. The third-order valence-corrected chi connectivity index (χ3v) is 3.32. The Balaban J connectivity index is 2.51. The van der Waals surface area contributed by atoms with Gasteiger partial charge in [0.1, 0.15) is 10.8 Å². The highest BCUT2D eigenvalue weighted by Crippen LogP contribution is 2.27. The topological polar surface area (TPSA) is 89.1 Å². The summed E-state index contributed by atoms with van der Waals surface area (Å²) < 4.78 is 27.7. The molecule has 0 radical (unpaired) electrons. The molecule has 0 bridgehead atoms. The summed E-state index contributed by atoms with van der Waals surface area (Å²) in [7, 11) is -3.21. The summed E-state index contributed by atoms with van der Waals surface area (Å²) in [5.41, 5.74) is 6.96. The Morgan fingerprint density at radius 2 is 2.06 bits per heavy atom. The highest BCUT2D eigenvalue weighted by molar-refractivity contribution is 7.90. The summed E-state index contributed by atoms with van der Waals surface area (Å²) in [6.45, 7) is 1.77. The molecule has 6 heteroatoms. The summed E-state index contributed by atoms with van der Waals surface area (Å²) in [6.07, 6.45) is 1.15. The van der Waals surface area contributed by atoms with Crippen molar-refractivity contribution in [2.24, 2.45) is 0 Å². The first-order chi connectivity index (χ1) is 7.38.